The van der Waals surface area contributed by atoms with Crippen molar-refractivity contribution >= 4 is 17.4 Å². The fraction of sp³-hybridized carbons (Fsp3) is 0.500. The van der Waals surface area contributed by atoms with Crippen molar-refractivity contribution in [2.45, 2.75) is 18.7 Å². The SMILES string of the molecule is CC1CN(Cc2cccc([N+](=O)[O-])c2F)CCS1. The Morgan fingerprint density at radius 1 is 1.61 bits per heavy atom. The Kier molecular flexibility index (Phi) is 4.19. The number of hydrogen-bond acceptors (Lipinski definition) is 4. The second-order valence-corrected chi connectivity index (χ2v) is 5.97. The number of halogens is 1. The lowest BCUT2D eigenvalue weighted by molar-refractivity contribution is -0.387. The highest BCUT2D eigenvalue weighted by molar-refractivity contribution is 7.99. The van der Waals surface area contributed by atoms with Crippen LogP contribution in [0.5, 0.6) is 0 Å². The summed E-state index contributed by atoms with van der Waals surface area (Å²) >= 11 is 1.90. The molecular formula is C12H15FN2O2S. The van der Waals surface area contributed by atoms with Gasteiger partial charge in [0.2, 0.25) is 5.82 Å². The van der Waals surface area contributed by atoms with Crippen molar-refractivity contribution in [1.29, 1.82) is 0 Å². The van der Waals surface area contributed by atoms with Gasteiger partial charge in [-0.05, 0) is 0 Å². The molecule has 0 aliphatic carbocycles. The molecule has 18 heavy (non-hydrogen) atoms. The van der Waals surface area contributed by atoms with Gasteiger partial charge >= 0.3 is 5.69 Å². The molecule has 1 aliphatic heterocycles. The summed E-state index contributed by atoms with van der Waals surface area (Å²) in [6.45, 7) is 4.38. The molecule has 0 amide bonds. The van der Waals surface area contributed by atoms with Crippen LogP contribution in [-0.2, 0) is 6.54 Å². The molecule has 1 aromatic rings. The summed E-state index contributed by atoms with van der Waals surface area (Å²) in [6.07, 6.45) is 0. The van der Waals surface area contributed by atoms with E-state index in [1.807, 2.05) is 11.8 Å². The van der Waals surface area contributed by atoms with Crippen molar-refractivity contribution in [2.75, 3.05) is 18.8 Å². The molecule has 1 unspecified atom stereocenters. The van der Waals surface area contributed by atoms with Gasteiger partial charge in [0.05, 0.1) is 4.92 Å². The predicted molar refractivity (Wildman–Crippen MR) is 70.3 cm³/mol. The number of rotatable bonds is 3. The summed E-state index contributed by atoms with van der Waals surface area (Å²) in [6, 6.07) is 4.36. The van der Waals surface area contributed by atoms with E-state index in [1.165, 1.54) is 6.07 Å². The first-order valence-corrected chi connectivity index (χ1v) is 6.88. The first-order chi connectivity index (χ1) is 8.58. The van der Waals surface area contributed by atoms with Gasteiger partial charge in [-0.2, -0.15) is 16.2 Å². The molecule has 0 radical (unpaired) electrons. The van der Waals surface area contributed by atoms with Crippen molar-refractivity contribution in [3.63, 3.8) is 0 Å². The van der Waals surface area contributed by atoms with Crippen molar-refractivity contribution in [3.05, 3.63) is 39.7 Å². The maximum absolute atomic E-state index is 13.9. The molecule has 1 fully saturated rings. The lowest BCUT2D eigenvalue weighted by Crippen LogP contribution is -2.36. The number of hydrogen-bond donors (Lipinski definition) is 0. The highest BCUT2D eigenvalue weighted by Crippen LogP contribution is 2.24. The molecule has 2 rings (SSSR count). The van der Waals surface area contributed by atoms with Crippen molar-refractivity contribution < 1.29 is 9.31 Å². The molecule has 1 aliphatic rings. The second kappa shape index (κ2) is 5.67. The average molecular weight is 270 g/mol. The number of nitro benzene ring substituents is 1. The van der Waals surface area contributed by atoms with Crippen LogP contribution in [0.4, 0.5) is 10.1 Å². The zero-order valence-corrected chi connectivity index (χ0v) is 11.0. The number of benzene rings is 1. The predicted octanol–water partition coefficient (Wildman–Crippen LogP) is 2.67. The van der Waals surface area contributed by atoms with Crippen LogP contribution in [0.2, 0.25) is 0 Å². The van der Waals surface area contributed by atoms with Crippen LogP contribution in [0.25, 0.3) is 0 Å². The standard InChI is InChI=1S/C12H15FN2O2S/c1-9-7-14(5-6-18-9)8-10-3-2-4-11(12(10)13)15(16)17/h2-4,9H,5-8H2,1H3. The van der Waals surface area contributed by atoms with Crippen molar-refractivity contribution in [3.8, 4) is 0 Å². The maximum atomic E-state index is 13.9. The molecule has 1 atom stereocenters. The largest absolute Gasteiger partial charge is 0.305 e. The van der Waals surface area contributed by atoms with Gasteiger partial charge in [0, 0.05) is 42.3 Å². The number of thioether (sulfide) groups is 1. The fourth-order valence-electron chi connectivity index (χ4n) is 2.10. The van der Waals surface area contributed by atoms with Gasteiger partial charge in [0.25, 0.3) is 0 Å². The first-order valence-electron chi connectivity index (χ1n) is 5.83. The molecule has 1 heterocycles. The molecular weight excluding hydrogens is 255 g/mol. The smallest absolute Gasteiger partial charge is 0.297 e. The summed E-state index contributed by atoms with van der Waals surface area (Å²) in [5.41, 5.74) is -0.0322. The van der Waals surface area contributed by atoms with E-state index in [9.17, 15) is 14.5 Å². The Morgan fingerprint density at radius 3 is 3.06 bits per heavy atom. The normalized spacial score (nSPS) is 20.9. The molecule has 0 saturated carbocycles. The summed E-state index contributed by atoms with van der Waals surface area (Å²) in [5, 5.41) is 11.2. The monoisotopic (exact) mass is 270 g/mol. The van der Waals surface area contributed by atoms with Crippen LogP contribution < -0.4 is 0 Å². The molecule has 0 aromatic heterocycles. The van der Waals surface area contributed by atoms with Gasteiger partial charge in [0.15, 0.2) is 0 Å². The van der Waals surface area contributed by atoms with Crippen molar-refractivity contribution in [2.24, 2.45) is 0 Å². The third-order valence-corrected chi connectivity index (χ3v) is 4.11. The molecule has 0 spiro atoms. The first kappa shape index (κ1) is 13.3. The topological polar surface area (TPSA) is 46.4 Å². The van der Waals surface area contributed by atoms with E-state index >= 15 is 0 Å². The van der Waals surface area contributed by atoms with Gasteiger partial charge in [-0.15, -0.1) is 0 Å². The zero-order valence-electron chi connectivity index (χ0n) is 10.1. The van der Waals surface area contributed by atoms with Crippen LogP contribution in [0.15, 0.2) is 18.2 Å². The van der Waals surface area contributed by atoms with Gasteiger partial charge < -0.3 is 0 Å². The molecule has 98 valence electrons. The Morgan fingerprint density at radius 2 is 2.39 bits per heavy atom. The Balaban J connectivity index is 2.14. The van der Waals surface area contributed by atoms with Crippen LogP contribution in [0, 0.1) is 15.9 Å². The summed E-state index contributed by atoms with van der Waals surface area (Å²) in [5.74, 6) is 0.325. The Bertz CT molecular complexity index is 456. The fourth-order valence-corrected chi connectivity index (χ4v) is 3.19. The van der Waals surface area contributed by atoms with Crippen LogP contribution >= 0.6 is 11.8 Å². The second-order valence-electron chi connectivity index (χ2n) is 4.42. The maximum Gasteiger partial charge on any atom is 0.305 e. The lowest BCUT2D eigenvalue weighted by Gasteiger charge is -2.30. The third-order valence-electron chi connectivity index (χ3n) is 2.97. The lowest BCUT2D eigenvalue weighted by atomic mass is 10.1. The summed E-state index contributed by atoms with van der Waals surface area (Å²) < 4.78 is 13.9. The van der Waals surface area contributed by atoms with E-state index in [0.29, 0.717) is 17.4 Å². The minimum absolute atomic E-state index is 0.406. The minimum atomic E-state index is -0.701. The molecule has 0 N–H and O–H groups in total. The summed E-state index contributed by atoms with van der Waals surface area (Å²) in [7, 11) is 0. The quantitative estimate of drug-likeness (QED) is 0.626. The van der Waals surface area contributed by atoms with Gasteiger partial charge in [-0.25, -0.2) is 0 Å². The Labute approximate surface area is 109 Å². The summed E-state index contributed by atoms with van der Waals surface area (Å²) in [4.78, 5) is 12.1. The van der Waals surface area contributed by atoms with E-state index in [2.05, 4.69) is 11.8 Å². The van der Waals surface area contributed by atoms with Crippen LogP contribution in [0.3, 0.4) is 0 Å². The van der Waals surface area contributed by atoms with Crippen LogP contribution in [0.1, 0.15) is 12.5 Å². The van der Waals surface area contributed by atoms with Crippen molar-refractivity contribution in [1.82, 2.24) is 4.90 Å². The molecule has 1 aromatic carbocycles. The minimum Gasteiger partial charge on any atom is -0.297 e. The molecule has 4 nitrogen and oxygen atoms in total. The Hall–Kier alpha value is -1.14. The number of nitro groups is 1. The van der Waals surface area contributed by atoms with E-state index < -0.39 is 16.4 Å². The highest BCUT2D eigenvalue weighted by Gasteiger charge is 2.21. The highest BCUT2D eigenvalue weighted by atomic mass is 32.2. The van der Waals surface area contributed by atoms with Gasteiger partial charge in [0.1, 0.15) is 0 Å². The van der Waals surface area contributed by atoms with E-state index in [0.717, 1.165) is 18.8 Å². The average Bonchev–Trinajstić information content (AvgIpc) is 2.31. The molecule has 6 heteroatoms. The third kappa shape index (κ3) is 3.00. The molecule has 1 saturated heterocycles. The van der Waals surface area contributed by atoms with E-state index in [-0.39, 0.29) is 0 Å². The number of nitrogens with zero attached hydrogens (tertiary/aromatic N) is 2. The zero-order chi connectivity index (χ0) is 13.1. The van der Waals surface area contributed by atoms with E-state index in [4.69, 9.17) is 0 Å². The van der Waals surface area contributed by atoms with Crippen LogP contribution in [-0.4, -0.2) is 33.9 Å². The van der Waals surface area contributed by atoms with Gasteiger partial charge in [-0.1, -0.05) is 19.1 Å². The van der Waals surface area contributed by atoms with Gasteiger partial charge in [-0.3, -0.25) is 15.0 Å². The van der Waals surface area contributed by atoms with E-state index in [1.54, 1.807) is 12.1 Å². The molecule has 0 bridgehead atoms.